The van der Waals surface area contributed by atoms with E-state index in [0.717, 1.165) is 10.9 Å². The molecule has 2 amide bonds. The lowest BCUT2D eigenvalue weighted by molar-refractivity contribution is -0.109. The topological polar surface area (TPSA) is 76.0 Å². The Morgan fingerprint density at radius 2 is 2.26 bits per heavy atom. The molecule has 6 heteroatoms. The van der Waals surface area contributed by atoms with Crippen LogP contribution in [0.3, 0.4) is 0 Å². The third-order valence-corrected chi connectivity index (χ3v) is 2.88. The predicted octanol–water partition coefficient (Wildman–Crippen LogP) is 0.439. The molecule has 0 atom stereocenters. The van der Waals surface area contributed by atoms with Crippen molar-refractivity contribution in [1.29, 1.82) is 0 Å². The Kier molecular flexibility index (Phi) is 4.12. The highest BCUT2D eigenvalue weighted by Crippen LogP contribution is 2.14. The van der Waals surface area contributed by atoms with Crippen molar-refractivity contribution in [2.75, 3.05) is 13.1 Å². The summed E-state index contributed by atoms with van der Waals surface area (Å²) in [5, 5.41) is 10.5. The van der Waals surface area contributed by atoms with Gasteiger partial charge in [-0.25, -0.2) is 0 Å². The molecule has 0 saturated carbocycles. The van der Waals surface area contributed by atoms with E-state index < -0.39 is 0 Å². The number of hydrogen-bond donors (Lipinski definition) is 2. The molecule has 0 saturated heterocycles. The number of carbonyl (C=O) groups excluding carboxylic acids is 2. The van der Waals surface area contributed by atoms with E-state index in [2.05, 4.69) is 15.7 Å². The van der Waals surface area contributed by atoms with Crippen molar-refractivity contribution in [2.45, 2.75) is 6.42 Å². The van der Waals surface area contributed by atoms with Crippen molar-refractivity contribution in [3.8, 4) is 0 Å². The van der Waals surface area contributed by atoms with Crippen molar-refractivity contribution < 1.29 is 9.59 Å². The maximum Gasteiger partial charge on any atom is 0.251 e. The molecule has 0 fully saturated rings. The summed E-state index contributed by atoms with van der Waals surface area (Å²) in [4.78, 5) is 22.0. The van der Waals surface area contributed by atoms with Gasteiger partial charge in [0, 0.05) is 31.1 Å². The summed E-state index contributed by atoms with van der Waals surface area (Å²) in [6.07, 6.45) is 3.12. The number of carbonyl (C=O) groups is 2. The van der Waals surface area contributed by atoms with Gasteiger partial charge in [-0.3, -0.25) is 14.3 Å². The Morgan fingerprint density at radius 3 is 3.05 bits per heavy atom. The van der Waals surface area contributed by atoms with Crippen LogP contribution in [0.5, 0.6) is 0 Å². The zero-order valence-corrected chi connectivity index (χ0v) is 10.7. The van der Waals surface area contributed by atoms with Gasteiger partial charge in [0.1, 0.15) is 0 Å². The average molecular weight is 260 g/mol. The second-order valence-corrected chi connectivity index (χ2v) is 4.22. The van der Waals surface area contributed by atoms with Crippen LogP contribution in [0, 0.1) is 0 Å². The smallest absolute Gasteiger partial charge is 0.251 e. The molecule has 1 aromatic carbocycles. The number of amides is 2. The first kappa shape index (κ1) is 13.1. The van der Waals surface area contributed by atoms with Crippen LogP contribution in [-0.4, -0.2) is 35.2 Å². The Labute approximate surface area is 110 Å². The number of fused-ring (bicyclic) bond motifs is 1. The van der Waals surface area contributed by atoms with E-state index in [-0.39, 0.29) is 5.91 Å². The maximum absolute atomic E-state index is 11.9. The van der Waals surface area contributed by atoms with Crippen LogP contribution in [-0.2, 0) is 11.8 Å². The fourth-order valence-corrected chi connectivity index (χ4v) is 1.84. The minimum atomic E-state index is -0.116. The van der Waals surface area contributed by atoms with E-state index >= 15 is 0 Å². The van der Waals surface area contributed by atoms with E-state index in [9.17, 15) is 9.59 Å². The summed E-state index contributed by atoms with van der Waals surface area (Å²) in [7, 11) is 1.84. The third kappa shape index (κ3) is 3.09. The van der Waals surface area contributed by atoms with Crippen molar-refractivity contribution in [3.63, 3.8) is 0 Å². The number of aryl methyl sites for hydroxylation is 1. The van der Waals surface area contributed by atoms with Crippen LogP contribution in [0.25, 0.3) is 10.9 Å². The molecule has 2 rings (SSSR count). The second kappa shape index (κ2) is 5.99. The molecule has 2 aromatic rings. The summed E-state index contributed by atoms with van der Waals surface area (Å²) in [5.74, 6) is -0.116. The number of nitrogens with one attached hydrogen (secondary N) is 2. The van der Waals surface area contributed by atoms with Gasteiger partial charge in [-0.15, -0.1) is 0 Å². The molecular weight excluding hydrogens is 244 g/mol. The van der Waals surface area contributed by atoms with E-state index in [1.807, 2.05) is 19.2 Å². The predicted molar refractivity (Wildman–Crippen MR) is 71.7 cm³/mol. The molecule has 100 valence electrons. The molecule has 2 N–H and O–H groups in total. The lowest BCUT2D eigenvalue weighted by atomic mass is 10.1. The lowest BCUT2D eigenvalue weighted by Gasteiger charge is -2.05. The molecule has 0 bridgehead atoms. The summed E-state index contributed by atoms with van der Waals surface area (Å²) in [6.45, 7) is 1.09. The van der Waals surface area contributed by atoms with Gasteiger partial charge in [0.25, 0.3) is 5.91 Å². The molecule has 0 unspecified atom stereocenters. The van der Waals surface area contributed by atoms with Crippen LogP contribution in [0.15, 0.2) is 24.4 Å². The molecular formula is C13H16N4O2. The summed E-state index contributed by atoms with van der Waals surface area (Å²) in [6, 6.07) is 5.48. The van der Waals surface area contributed by atoms with E-state index in [1.54, 1.807) is 16.9 Å². The third-order valence-electron chi connectivity index (χ3n) is 2.88. The van der Waals surface area contributed by atoms with Gasteiger partial charge in [0.2, 0.25) is 6.41 Å². The van der Waals surface area contributed by atoms with Crippen molar-refractivity contribution in [1.82, 2.24) is 20.4 Å². The van der Waals surface area contributed by atoms with E-state index in [4.69, 9.17) is 0 Å². The number of nitrogens with zero attached hydrogens (tertiary/aromatic N) is 2. The normalized spacial score (nSPS) is 10.4. The highest BCUT2D eigenvalue weighted by molar-refractivity contribution is 5.97. The average Bonchev–Trinajstić information content (AvgIpc) is 2.79. The van der Waals surface area contributed by atoms with Crippen LogP contribution in [0.2, 0.25) is 0 Å². The highest BCUT2D eigenvalue weighted by Gasteiger charge is 2.07. The molecule has 0 aliphatic rings. The summed E-state index contributed by atoms with van der Waals surface area (Å²) >= 11 is 0. The number of hydrogen-bond acceptors (Lipinski definition) is 3. The van der Waals surface area contributed by atoms with Gasteiger partial charge in [-0.1, -0.05) is 6.07 Å². The molecule has 1 heterocycles. The Balaban J connectivity index is 1.97. The summed E-state index contributed by atoms with van der Waals surface area (Å²) < 4.78 is 1.74. The highest BCUT2D eigenvalue weighted by atomic mass is 16.1. The first-order valence-electron chi connectivity index (χ1n) is 6.09. The second-order valence-electron chi connectivity index (χ2n) is 4.22. The first-order chi connectivity index (χ1) is 9.22. The minimum Gasteiger partial charge on any atom is -0.359 e. The molecule has 19 heavy (non-hydrogen) atoms. The number of benzene rings is 1. The number of aromatic nitrogens is 2. The van der Waals surface area contributed by atoms with Crippen molar-refractivity contribution in [2.24, 2.45) is 7.05 Å². The zero-order chi connectivity index (χ0) is 13.7. The van der Waals surface area contributed by atoms with E-state index in [0.29, 0.717) is 31.5 Å². The molecule has 0 spiro atoms. The standard InChI is InChI=1S/C13H16N4O2/c1-17-12-7-10(3-4-11(12)8-16-17)13(19)15-6-2-5-14-9-18/h3-4,7-9H,2,5-6H2,1H3,(H,14,18)(H,15,19). The van der Waals surface area contributed by atoms with Gasteiger partial charge >= 0.3 is 0 Å². The van der Waals surface area contributed by atoms with Gasteiger partial charge in [-0.05, 0) is 18.6 Å². The minimum absolute atomic E-state index is 0.116. The van der Waals surface area contributed by atoms with Crippen LogP contribution in [0.4, 0.5) is 0 Å². The molecule has 1 aromatic heterocycles. The molecule has 0 aliphatic carbocycles. The number of rotatable bonds is 6. The Morgan fingerprint density at radius 1 is 1.42 bits per heavy atom. The maximum atomic E-state index is 11.9. The largest absolute Gasteiger partial charge is 0.359 e. The van der Waals surface area contributed by atoms with E-state index in [1.165, 1.54) is 0 Å². The van der Waals surface area contributed by atoms with Crippen LogP contribution < -0.4 is 10.6 Å². The van der Waals surface area contributed by atoms with Gasteiger partial charge in [-0.2, -0.15) is 5.10 Å². The molecule has 0 aliphatic heterocycles. The monoisotopic (exact) mass is 260 g/mol. The van der Waals surface area contributed by atoms with Crippen LogP contribution in [0.1, 0.15) is 16.8 Å². The quantitative estimate of drug-likeness (QED) is 0.584. The SMILES string of the molecule is Cn1ncc2ccc(C(=O)NCCCNC=O)cc21. The summed E-state index contributed by atoms with van der Waals surface area (Å²) in [5.41, 5.74) is 1.54. The zero-order valence-electron chi connectivity index (χ0n) is 10.7. The van der Waals surface area contributed by atoms with Gasteiger partial charge < -0.3 is 10.6 Å². The Hall–Kier alpha value is -2.37. The fraction of sp³-hybridized carbons (Fsp3) is 0.308. The van der Waals surface area contributed by atoms with Crippen molar-refractivity contribution >= 4 is 23.2 Å². The first-order valence-corrected chi connectivity index (χ1v) is 6.09. The van der Waals surface area contributed by atoms with Crippen molar-refractivity contribution in [3.05, 3.63) is 30.0 Å². The fourth-order valence-electron chi connectivity index (χ4n) is 1.84. The van der Waals surface area contributed by atoms with Crippen LogP contribution >= 0.6 is 0 Å². The lowest BCUT2D eigenvalue weighted by Crippen LogP contribution is -2.27. The van der Waals surface area contributed by atoms with Gasteiger partial charge in [0.05, 0.1) is 11.7 Å². The van der Waals surface area contributed by atoms with Gasteiger partial charge in [0.15, 0.2) is 0 Å². The molecule has 0 radical (unpaired) electrons. The molecule has 6 nitrogen and oxygen atoms in total. The Bertz CT molecular complexity index is 591.